The normalized spacial score (nSPS) is 25.0. The van der Waals surface area contributed by atoms with E-state index in [4.69, 9.17) is 21.4 Å². The van der Waals surface area contributed by atoms with Gasteiger partial charge in [-0.05, 0) is 72.1 Å². The summed E-state index contributed by atoms with van der Waals surface area (Å²) in [6, 6.07) is 30.2. The third-order valence-corrected chi connectivity index (χ3v) is 14.6. The maximum atomic E-state index is 15.0. The zero-order valence-electron chi connectivity index (χ0n) is 31.2. The number of carbonyl (C=O) groups excluding carboxylic acids is 3. The van der Waals surface area contributed by atoms with E-state index in [9.17, 15) is 24.3 Å². The Labute approximate surface area is 327 Å². The number of halogens is 1. The summed E-state index contributed by atoms with van der Waals surface area (Å²) in [7, 11) is -3.05. The molecular weight excluding hydrogens is 732 g/mol. The molecule has 2 N–H and O–H groups in total. The van der Waals surface area contributed by atoms with Crippen LogP contribution in [-0.4, -0.2) is 65.3 Å². The van der Waals surface area contributed by atoms with Crippen molar-refractivity contribution in [1.82, 2.24) is 4.90 Å². The van der Waals surface area contributed by atoms with E-state index in [0.29, 0.717) is 47.8 Å². The lowest BCUT2D eigenvalue weighted by Crippen LogP contribution is -2.48. The Hall–Kier alpha value is -4.65. The van der Waals surface area contributed by atoms with Crippen LogP contribution in [0.4, 0.5) is 11.4 Å². The predicted octanol–water partition coefficient (Wildman–Crippen LogP) is 6.55. The van der Waals surface area contributed by atoms with E-state index >= 15 is 0 Å². The molecule has 12 heteroatoms. The van der Waals surface area contributed by atoms with E-state index in [1.807, 2.05) is 105 Å². The fourth-order valence-corrected chi connectivity index (χ4v) is 12.0. The third kappa shape index (κ3) is 6.61. The quantitative estimate of drug-likeness (QED) is 0.196. The highest BCUT2D eigenvalue weighted by Crippen LogP contribution is 2.60. The summed E-state index contributed by atoms with van der Waals surface area (Å²) < 4.78 is 6.94. The highest BCUT2D eigenvalue weighted by Gasteiger charge is 2.66. The Morgan fingerprint density at radius 3 is 2.38 bits per heavy atom. The Kier molecular flexibility index (Phi) is 9.79. The summed E-state index contributed by atoms with van der Waals surface area (Å²) in [6.45, 7) is 6.02. The lowest BCUT2D eigenvalue weighted by atomic mass is 9.82. The second kappa shape index (κ2) is 14.4. The van der Waals surface area contributed by atoms with Crippen LogP contribution in [0, 0.1) is 5.92 Å². The molecule has 55 heavy (non-hydrogen) atoms. The molecule has 0 bridgehead atoms. The van der Waals surface area contributed by atoms with Crippen molar-refractivity contribution in [2.75, 3.05) is 16.5 Å². The summed E-state index contributed by atoms with van der Waals surface area (Å²) in [4.78, 5) is 57.3. The molecule has 0 aliphatic carbocycles. The standard InChI is InChI=1S/C43H45ClN4O6Si/c1-27-41(55(2,3)53)38(23-40(51)46-25-31-12-8-7-11-30(31)21-34(46)26-49)54-43(27)35-22-32(44)15-19-37(35)47(42(43)52)24-28-13-16-33(17-14-28)48-39(50)20-18-36(45-48)29-9-5-4-6-10-29/h4-17,19,22,27,34,38,41,49,53H,18,20-21,23-26H2,1-3H3/t27-,34+,38+,41-,43+/m1/s1. The van der Waals surface area contributed by atoms with Crippen molar-refractivity contribution in [3.05, 3.63) is 130 Å². The Morgan fingerprint density at radius 2 is 1.67 bits per heavy atom. The van der Waals surface area contributed by atoms with Gasteiger partial charge in [0.2, 0.25) is 11.8 Å². The van der Waals surface area contributed by atoms with Crippen LogP contribution >= 0.6 is 11.6 Å². The topological polar surface area (TPSA) is 123 Å². The van der Waals surface area contributed by atoms with Crippen molar-refractivity contribution in [3.63, 3.8) is 0 Å². The molecule has 0 unspecified atom stereocenters. The SMILES string of the molecule is C[C@@H]1[C@@H]([Si](C)(C)O)[C@H](CC(=O)N2Cc3ccccc3C[C@H]2CO)O[C@@]12C(=O)N(Cc1ccc(N3N=C(c4ccccc4)CCC3=O)cc1)c1ccc(Cl)cc12. The van der Waals surface area contributed by atoms with Crippen LogP contribution in [0.2, 0.25) is 23.7 Å². The number of aliphatic hydroxyl groups excluding tert-OH is 1. The second-order valence-electron chi connectivity index (χ2n) is 15.7. The molecular formula is C43H45ClN4O6Si. The first-order chi connectivity index (χ1) is 26.4. The Morgan fingerprint density at radius 1 is 0.964 bits per heavy atom. The van der Waals surface area contributed by atoms with Gasteiger partial charge in [0.25, 0.3) is 5.91 Å². The molecule has 4 heterocycles. The van der Waals surface area contributed by atoms with E-state index < -0.39 is 31.5 Å². The number of nitrogens with zero attached hydrogens (tertiary/aromatic N) is 4. The molecule has 5 atom stereocenters. The van der Waals surface area contributed by atoms with E-state index in [-0.39, 0.29) is 43.3 Å². The van der Waals surface area contributed by atoms with Gasteiger partial charge in [-0.3, -0.25) is 14.4 Å². The highest BCUT2D eigenvalue weighted by molar-refractivity contribution is 6.71. The molecule has 1 saturated heterocycles. The van der Waals surface area contributed by atoms with Crippen molar-refractivity contribution in [3.8, 4) is 0 Å². The predicted molar refractivity (Wildman–Crippen MR) is 214 cm³/mol. The molecule has 4 aliphatic heterocycles. The maximum Gasteiger partial charge on any atom is 0.264 e. The molecule has 1 fully saturated rings. The van der Waals surface area contributed by atoms with Gasteiger partial charge in [-0.25, -0.2) is 5.01 Å². The van der Waals surface area contributed by atoms with Crippen molar-refractivity contribution in [1.29, 1.82) is 0 Å². The first-order valence-corrected chi connectivity index (χ1v) is 22.3. The Bertz CT molecular complexity index is 2180. The first kappa shape index (κ1) is 37.3. The molecule has 8 rings (SSSR count). The van der Waals surface area contributed by atoms with Crippen LogP contribution in [0.5, 0.6) is 0 Å². The molecule has 4 aliphatic rings. The van der Waals surface area contributed by atoms with E-state index in [1.54, 1.807) is 21.9 Å². The van der Waals surface area contributed by atoms with E-state index in [1.165, 1.54) is 5.01 Å². The zero-order valence-corrected chi connectivity index (χ0v) is 32.9. The number of rotatable bonds is 8. The van der Waals surface area contributed by atoms with Crippen LogP contribution in [0.15, 0.2) is 102 Å². The largest absolute Gasteiger partial charge is 0.432 e. The van der Waals surface area contributed by atoms with Crippen molar-refractivity contribution >= 4 is 54.7 Å². The number of carbonyl (C=O) groups is 3. The maximum absolute atomic E-state index is 15.0. The zero-order chi connectivity index (χ0) is 38.6. The van der Waals surface area contributed by atoms with Gasteiger partial charge in [-0.2, -0.15) is 5.10 Å². The lowest BCUT2D eigenvalue weighted by Gasteiger charge is -2.37. The number of hydrogen-bond acceptors (Lipinski definition) is 7. The monoisotopic (exact) mass is 776 g/mol. The van der Waals surface area contributed by atoms with Gasteiger partial charge < -0.3 is 24.4 Å². The number of hydrazone groups is 1. The molecule has 284 valence electrons. The van der Waals surface area contributed by atoms with Crippen molar-refractivity contribution in [2.45, 2.75) is 82.1 Å². The number of aliphatic hydroxyl groups is 1. The van der Waals surface area contributed by atoms with Crippen LogP contribution < -0.4 is 9.91 Å². The van der Waals surface area contributed by atoms with Gasteiger partial charge in [-0.1, -0.05) is 85.3 Å². The molecule has 0 saturated carbocycles. The fraction of sp³-hybridized carbons (Fsp3) is 0.349. The summed E-state index contributed by atoms with van der Waals surface area (Å²) in [5.74, 6) is -1.03. The molecule has 10 nitrogen and oxygen atoms in total. The van der Waals surface area contributed by atoms with Crippen LogP contribution in [0.25, 0.3) is 0 Å². The summed E-state index contributed by atoms with van der Waals surface area (Å²) in [5, 5.41) is 16.9. The van der Waals surface area contributed by atoms with E-state index in [0.717, 1.165) is 28.0 Å². The molecule has 0 aromatic heterocycles. The lowest BCUT2D eigenvalue weighted by molar-refractivity contribution is -0.151. The highest BCUT2D eigenvalue weighted by atomic mass is 35.5. The third-order valence-electron chi connectivity index (χ3n) is 11.9. The Balaban J connectivity index is 1.07. The van der Waals surface area contributed by atoms with Crippen molar-refractivity contribution < 1.29 is 29.0 Å². The van der Waals surface area contributed by atoms with Crippen LogP contribution in [0.3, 0.4) is 0 Å². The van der Waals surface area contributed by atoms with Gasteiger partial charge in [0.1, 0.15) is 0 Å². The van der Waals surface area contributed by atoms with Gasteiger partial charge in [0, 0.05) is 41.4 Å². The number of fused-ring (bicyclic) bond motifs is 3. The summed E-state index contributed by atoms with van der Waals surface area (Å²) in [6.07, 6.45) is 0.684. The summed E-state index contributed by atoms with van der Waals surface area (Å²) in [5.41, 5.74) is 4.79. The average molecular weight is 777 g/mol. The molecule has 1 spiro atoms. The summed E-state index contributed by atoms with van der Waals surface area (Å²) >= 11 is 6.61. The molecule has 4 aromatic rings. The van der Waals surface area contributed by atoms with Gasteiger partial charge in [0.05, 0.1) is 48.8 Å². The van der Waals surface area contributed by atoms with Crippen LogP contribution in [0.1, 0.15) is 54.0 Å². The smallest absolute Gasteiger partial charge is 0.264 e. The van der Waals surface area contributed by atoms with Gasteiger partial charge in [0.15, 0.2) is 13.9 Å². The minimum Gasteiger partial charge on any atom is -0.432 e. The van der Waals surface area contributed by atoms with Gasteiger partial charge in [-0.15, -0.1) is 0 Å². The number of ether oxygens (including phenoxy) is 1. The number of hydrogen-bond donors (Lipinski definition) is 2. The number of anilines is 2. The van der Waals surface area contributed by atoms with Gasteiger partial charge >= 0.3 is 0 Å². The van der Waals surface area contributed by atoms with E-state index in [2.05, 4.69) is 0 Å². The number of benzene rings is 4. The number of amides is 3. The molecule has 3 amide bonds. The average Bonchev–Trinajstić information content (AvgIpc) is 3.60. The first-order valence-electron chi connectivity index (χ1n) is 18.9. The van der Waals surface area contributed by atoms with Crippen LogP contribution in [-0.2, 0) is 44.2 Å². The fourth-order valence-electron chi connectivity index (χ4n) is 9.26. The minimum absolute atomic E-state index is 0.0409. The van der Waals surface area contributed by atoms with Crippen molar-refractivity contribution in [2.24, 2.45) is 11.0 Å². The minimum atomic E-state index is -3.05. The molecule has 0 radical (unpaired) electrons. The molecule has 4 aromatic carbocycles. The second-order valence-corrected chi connectivity index (χ2v) is 20.1.